The van der Waals surface area contributed by atoms with E-state index in [1.807, 2.05) is 69.3 Å². The molecule has 1 atom stereocenters. The van der Waals surface area contributed by atoms with E-state index in [1.54, 1.807) is 31.4 Å². The van der Waals surface area contributed by atoms with Crippen LogP contribution in [0.5, 0.6) is 11.5 Å². The predicted octanol–water partition coefficient (Wildman–Crippen LogP) is 5.67. The summed E-state index contributed by atoms with van der Waals surface area (Å²) in [4.78, 5) is 28.0. The lowest BCUT2D eigenvalue weighted by Gasteiger charge is -2.25. The number of aliphatic hydroxyl groups excluding tert-OH is 1. The third kappa shape index (κ3) is 5.13. The molecule has 0 aromatic heterocycles. The van der Waals surface area contributed by atoms with Crippen LogP contribution in [0, 0.1) is 0 Å². The average Bonchev–Trinajstić information content (AvgIpc) is 3.14. The number of methoxy groups -OCH3 is 1. The number of amides is 1. The van der Waals surface area contributed by atoms with Crippen LogP contribution in [0.2, 0.25) is 0 Å². The van der Waals surface area contributed by atoms with Crippen molar-refractivity contribution in [2.45, 2.75) is 45.9 Å². The minimum atomic E-state index is -0.742. The van der Waals surface area contributed by atoms with Gasteiger partial charge in [-0.05, 0) is 61.2 Å². The second-order valence-corrected chi connectivity index (χ2v) is 9.06. The maximum atomic E-state index is 13.3. The van der Waals surface area contributed by atoms with Crippen molar-refractivity contribution in [3.8, 4) is 11.5 Å². The number of Topliss-reactive ketones (excluding diaryl/α,β-unsaturated/α-hetero) is 1. The van der Waals surface area contributed by atoms with Gasteiger partial charge in [0.1, 0.15) is 17.3 Å². The van der Waals surface area contributed by atoms with E-state index in [4.69, 9.17) is 9.47 Å². The minimum absolute atomic E-state index is 0.0511. The van der Waals surface area contributed by atoms with Gasteiger partial charge in [-0.25, -0.2) is 0 Å². The van der Waals surface area contributed by atoms with E-state index >= 15 is 0 Å². The maximum Gasteiger partial charge on any atom is 0.295 e. The lowest BCUT2D eigenvalue weighted by Crippen LogP contribution is -2.29. The summed E-state index contributed by atoms with van der Waals surface area (Å²) in [6.45, 7) is 6.16. The zero-order chi connectivity index (χ0) is 25.8. The Bertz CT molecular complexity index is 1260. The molecule has 1 fully saturated rings. The monoisotopic (exact) mass is 485 g/mol. The van der Waals surface area contributed by atoms with E-state index in [1.165, 1.54) is 4.90 Å². The van der Waals surface area contributed by atoms with Gasteiger partial charge in [-0.1, -0.05) is 55.5 Å². The van der Waals surface area contributed by atoms with Gasteiger partial charge in [0.25, 0.3) is 11.7 Å². The van der Waals surface area contributed by atoms with E-state index in [2.05, 4.69) is 0 Å². The van der Waals surface area contributed by atoms with E-state index in [9.17, 15) is 14.7 Å². The van der Waals surface area contributed by atoms with Crippen LogP contribution in [0.3, 0.4) is 0 Å². The van der Waals surface area contributed by atoms with Crippen molar-refractivity contribution < 1.29 is 24.2 Å². The summed E-state index contributed by atoms with van der Waals surface area (Å²) < 4.78 is 11.0. The van der Waals surface area contributed by atoms with Crippen molar-refractivity contribution in [3.63, 3.8) is 0 Å². The van der Waals surface area contributed by atoms with Crippen LogP contribution in [-0.4, -0.2) is 34.9 Å². The first-order valence-electron chi connectivity index (χ1n) is 12.1. The molecule has 1 aliphatic heterocycles. The zero-order valence-corrected chi connectivity index (χ0v) is 21.0. The number of aliphatic hydroxyl groups is 1. The average molecular weight is 486 g/mol. The molecule has 6 nitrogen and oxygen atoms in total. The largest absolute Gasteiger partial charge is 0.507 e. The Balaban J connectivity index is 1.76. The number of nitrogens with zero attached hydrogens (tertiary/aromatic N) is 1. The molecule has 1 unspecified atom stereocenters. The summed E-state index contributed by atoms with van der Waals surface area (Å²) in [5.74, 6) is -0.137. The number of hydrogen-bond donors (Lipinski definition) is 1. The number of aryl methyl sites for hydroxylation is 1. The van der Waals surface area contributed by atoms with E-state index in [-0.39, 0.29) is 24.0 Å². The number of hydrogen-bond acceptors (Lipinski definition) is 5. The number of ether oxygens (including phenoxy) is 2. The summed E-state index contributed by atoms with van der Waals surface area (Å²) in [6.07, 6.45) is 0.910. The molecule has 3 aromatic carbocycles. The molecule has 186 valence electrons. The molecule has 0 radical (unpaired) electrons. The van der Waals surface area contributed by atoms with Gasteiger partial charge in [-0.2, -0.15) is 0 Å². The molecule has 4 rings (SSSR count). The fourth-order valence-corrected chi connectivity index (χ4v) is 4.37. The Labute approximate surface area is 211 Å². The molecule has 3 aromatic rings. The second kappa shape index (κ2) is 10.7. The van der Waals surface area contributed by atoms with Crippen molar-refractivity contribution in [1.29, 1.82) is 0 Å². The summed E-state index contributed by atoms with van der Waals surface area (Å²) >= 11 is 0. The lowest BCUT2D eigenvalue weighted by molar-refractivity contribution is -0.140. The highest BCUT2D eigenvalue weighted by atomic mass is 16.5. The molecule has 1 amide bonds. The quantitative estimate of drug-likeness (QED) is 0.253. The van der Waals surface area contributed by atoms with E-state index in [0.29, 0.717) is 16.9 Å². The molecule has 1 aliphatic rings. The number of likely N-dealkylation sites (tertiary alicyclic amines) is 1. The van der Waals surface area contributed by atoms with Crippen molar-refractivity contribution >= 4 is 17.4 Å². The first kappa shape index (κ1) is 25.0. The highest BCUT2D eigenvalue weighted by Crippen LogP contribution is 2.40. The first-order chi connectivity index (χ1) is 17.3. The highest BCUT2D eigenvalue weighted by molar-refractivity contribution is 6.46. The van der Waals surface area contributed by atoms with Gasteiger partial charge >= 0.3 is 0 Å². The van der Waals surface area contributed by atoms with Crippen LogP contribution in [0.4, 0.5) is 0 Å². The lowest BCUT2D eigenvalue weighted by atomic mass is 9.94. The molecular weight excluding hydrogens is 454 g/mol. The summed E-state index contributed by atoms with van der Waals surface area (Å²) in [5.41, 5.74) is 3.25. The minimum Gasteiger partial charge on any atom is -0.507 e. The Kier molecular flexibility index (Phi) is 7.44. The predicted molar refractivity (Wildman–Crippen MR) is 139 cm³/mol. The van der Waals surface area contributed by atoms with Crippen LogP contribution >= 0.6 is 0 Å². The number of rotatable bonds is 8. The molecule has 0 saturated carbocycles. The Morgan fingerprint density at radius 1 is 0.889 bits per heavy atom. The van der Waals surface area contributed by atoms with Gasteiger partial charge in [0.2, 0.25) is 0 Å². The van der Waals surface area contributed by atoms with E-state index < -0.39 is 17.7 Å². The summed E-state index contributed by atoms with van der Waals surface area (Å²) in [5, 5.41) is 11.2. The number of ketones is 1. The van der Waals surface area contributed by atoms with Crippen LogP contribution in [0.15, 0.2) is 78.4 Å². The molecule has 0 aliphatic carbocycles. The number of carbonyl (C=O) groups excluding carboxylic acids is 2. The zero-order valence-electron chi connectivity index (χ0n) is 21.0. The van der Waals surface area contributed by atoms with Gasteiger partial charge in [0.15, 0.2) is 0 Å². The SMILES string of the molecule is CCc1ccc(/C(O)=C2/C(=O)C(=O)N(Cc3ccc(OC(C)C)cc3)C2c2ccc(OC)cc2)cc1. The Morgan fingerprint density at radius 2 is 1.47 bits per heavy atom. The third-order valence-corrected chi connectivity index (χ3v) is 6.26. The molecule has 0 bridgehead atoms. The van der Waals surface area contributed by atoms with Gasteiger partial charge < -0.3 is 19.5 Å². The first-order valence-corrected chi connectivity index (χ1v) is 12.1. The topological polar surface area (TPSA) is 76.1 Å². The van der Waals surface area contributed by atoms with Gasteiger partial charge in [0.05, 0.1) is 24.8 Å². The van der Waals surface area contributed by atoms with Crippen LogP contribution in [0.1, 0.15) is 49.1 Å². The summed E-state index contributed by atoms with van der Waals surface area (Å²) in [7, 11) is 1.58. The smallest absolute Gasteiger partial charge is 0.295 e. The molecule has 36 heavy (non-hydrogen) atoms. The molecular formula is C30H31NO5. The van der Waals surface area contributed by atoms with Crippen LogP contribution < -0.4 is 9.47 Å². The molecule has 0 spiro atoms. The highest BCUT2D eigenvalue weighted by Gasteiger charge is 2.46. The Morgan fingerprint density at radius 3 is 2.03 bits per heavy atom. The van der Waals surface area contributed by atoms with E-state index in [0.717, 1.165) is 23.3 Å². The van der Waals surface area contributed by atoms with Crippen LogP contribution in [-0.2, 0) is 22.6 Å². The molecule has 1 N–H and O–H groups in total. The van der Waals surface area contributed by atoms with Gasteiger partial charge in [-0.3, -0.25) is 9.59 Å². The van der Waals surface area contributed by atoms with Crippen molar-refractivity contribution in [3.05, 3.63) is 101 Å². The second-order valence-electron chi connectivity index (χ2n) is 9.06. The maximum absolute atomic E-state index is 13.3. The third-order valence-electron chi connectivity index (χ3n) is 6.26. The van der Waals surface area contributed by atoms with Crippen molar-refractivity contribution in [2.24, 2.45) is 0 Å². The number of carbonyl (C=O) groups is 2. The van der Waals surface area contributed by atoms with Gasteiger partial charge in [0, 0.05) is 12.1 Å². The molecule has 6 heteroatoms. The standard InChI is InChI=1S/C30H31NO5/c1-5-20-6-10-23(11-7-20)28(32)26-27(22-12-16-24(35-4)17-13-22)31(30(34)29(26)33)18-21-8-14-25(15-9-21)36-19(2)3/h6-17,19,27,32H,5,18H2,1-4H3/b28-26-. The Hall–Kier alpha value is -4.06. The summed E-state index contributed by atoms with van der Waals surface area (Å²) in [6, 6.07) is 21.3. The molecule has 1 saturated heterocycles. The van der Waals surface area contributed by atoms with Crippen LogP contribution in [0.25, 0.3) is 5.76 Å². The fourth-order valence-electron chi connectivity index (χ4n) is 4.37. The fraction of sp³-hybridized carbons (Fsp3) is 0.267. The van der Waals surface area contributed by atoms with Crippen molar-refractivity contribution in [2.75, 3.05) is 7.11 Å². The molecule has 1 heterocycles. The normalized spacial score (nSPS) is 17.0. The van der Waals surface area contributed by atoms with Gasteiger partial charge in [-0.15, -0.1) is 0 Å². The van der Waals surface area contributed by atoms with Crippen molar-refractivity contribution in [1.82, 2.24) is 4.90 Å². The number of benzene rings is 3.